The molecule has 144 valence electrons. The molecule has 2 amide bonds. The first-order valence-electron chi connectivity index (χ1n) is 8.40. The molecule has 28 heavy (non-hydrogen) atoms. The molecule has 0 aromatic heterocycles. The molecule has 3 rings (SSSR count). The number of imide groups is 1. The molecular weight excluding hydrogens is 446 g/mol. The predicted molar refractivity (Wildman–Crippen MR) is 111 cm³/mol. The quantitative estimate of drug-likeness (QED) is 0.461. The molecule has 0 atom stereocenters. The number of carbonyl (C=O) groups is 3. The van der Waals surface area contributed by atoms with Gasteiger partial charge in [-0.15, -0.1) is 0 Å². The third-order valence-corrected chi connectivity index (χ3v) is 5.20. The van der Waals surface area contributed by atoms with Gasteiger partial charge in [-0.2, -0.15) is 0 Å². The van der Waals surface area contributed by atoms with Crippen LogP contribution >= 0.6 is 27.7 Å². The van der Waals surface area contributed by atoms with E-state index < -0.39 is 5.97 Å². The molecule has 0 spiro atoms. The van der Waals surface area contributed by atoms with Crippen LogP contribution in [0.15, 0.2) is 57.9 Å². The van der Waals surface area contributed by atoms with Crippen LogP contribution in [0, 0.1) is 0 Å². The van der Waals surface area contributed by atoms with Crippen molar-refractivity contribution in [1.29, 1.82) is 0 Å². The molecule has 0 bridgehead atoms. The molecule has 1 saturated heterocycles. The Kier molecular flexibility index (Phi) is 6.53. The molecule has 2 aromatic carbocycles. The summed E-state index contributed by atoms with van der Waals surface area (Å²) in [5.41, 5.74) is 1.26. The van der Waals surface area contributed by atoms with E-state index in [1.165, 1.54) is 0 Å². The highest BCUT2D eigenvalue weighted by molar-refractivity contribution is 9.10. The van der Waals surface area contributed by atoms with Gasteiger partial charge in [0.2, 0.25) is 0 Å². The second kappa shape index (κ2) is 9.07. The number of hydrogen-bond donors (Lipinski definition) is 0. The zero-order valence-corrected chi connectivity index (χ0v) is 17.3. The summed E-state index contributed by atoms with van der Waals surface area (Å²) < 4.78 is 10.8. The lowest BCUT2D eigenvalue weighted by Crippen LogP contribution is -2.27. The van der Waals surface area contributed by atoms with Crippen molar-refractivity contribution in [2.45, 2.75) is 6.92 Å². The van der Waals surface area contributed by atoms with Gasteiger partial charge >= 0.3 is 5.97 Å². The van der Waals surface area contributed by atoms with Crippen molar-refractivity contribution in [1.82, 2.24) is 0 Å². The molecule has 0 radical (unpaired) electrons. The van der Waals surface area contributed by atoms with Crippen LogP contribution in [-0.4, -0.2) is 30.3 Å². The summed E-state index contributed by atoms with van der Waals surface area (Å²) >= 11 is 4.28. The Morgan fingerprint density at radius 3 is 2.61 bits per heavy atom. The van der Waals surface area contributed by atoms with Crippen LogP contribution in [0.25, 0.3) is 6.08 Å². The molecule has 0 aliphatic carbocycles. The summed E-state index contributed by atoms with van der Waals surface area (Å²) in [6, 6.07) is 14.0. The van der Waals surface area contributed by atoms with E-state index in [1.54, 1.807) is 55.5 Å². The number of ether oxygens (including phenoxy) is 2. The Bertz CT molecular complexity index is 945. The topological polar surface area (TPSA) is 72.9 Å². The lowest BCUT2D eigenvalue weighted by Gasteiger charge is -2.11. The normalized spacial score (nSPS) is 15.2. The molecule has 0 unspecified atom stereocenters. The number of anilines is 1. The minimum absolute atomic E-state index is 0.193. The predicted octanol–water partition coefficient (Wildman–Crippen LogP) is 4.63. The molecule has 1 heterocycles. The average molecular weight is 462 g/mol. The second-order valence-corrected chi connectivity index (χ2v) is 7.48. The number of carbonyl (C=O) groups excluding carboxylic acids is 3. The number of benzene rings is 2. The molecule has 0 saturated carbocycles. The van der Waals surface area contributed by atoms with Gasteiger partial charge in [-0.3, -0.25) is 9.59 Å². The first-order chi connectivity index (χ1) is 13.5. The van der Waals surface area contributed by atoms with E-state index in [9.17, 15) is 14.4 Å². The van der Waals surface area contributed by atoms with Gasteiger partial charge < -0.3 is 9.47 Å². The van der Waals surface area contributed by atoms with Crippen LogP contribution in [0.4, 0.5) is 10.5 Å². The maximum absolute atomic E-state index is 12.6. The molecule has 2 aromatic rings. The SMILES string of the molecule is CCOC(=O)COc1ccc(/C=C2/SC(=O)N(c3ccccc3)C2=O)cc1Br. The van der Waals surface area contributed by atoms with Gasteiger partial charge in [0.1, 0.15) is 5.75 Å². The summed E-state index contributed by atoms with van der Waals surface area (Å²) in [4.78, 5) is 37.8. The molecule has 6 nitrogen and oxygen atoms in total. The molecule has 1 fully saturated rings. The highest BCUT2D eigenvalue weighted by Crippen LogP contribution is 2.36. The second-order valence-electron chi connectivity index (χ2n) is 5.64. The molecular formula is C20H16BrNO5S. The smallest absolute Gasteiger partial charge is 0.344 e. The average Bonchev–Trinajstić information content (AvgIpc) is 2.95. The van der Waals surface area contributed by atoms with Crippen molar-refractivity contribution in [3.8, 4) is 5.75 Å². The summed E-state index contributed by atoms with van der Waals surface area (Å²) in [5.74, 6) is -0.337. The van der Waals surface area contributed by atoms with Gasteiger partial charge in [-0.05, 0) is 70.5 Å². The van der Waals surface area contributed by atoms with Gasteiger partial charge in [0.15, 0.2) is 6.61 Å². The number of thioether (sulfide) groups is 1. The maximum Gasteiger partial charge on any atom is 0.344 e. The summed E-state index contributed by atoms with van der Waals surface area (Å²) in [6.07, 6.45) is 1.65. The van der Waals surface area contributed by atoms with Crippen LogP contribution in [0.1, 0.15) is 12.5 Å². The maximum atomic E-state index is 12.6. The number of rotatable bonds is 6. The number of nitrogens with zero attached hydrogens (tertiary/aromatic N) is 1. The highest BCUT2D eigenvalue weighted by atomic mass is 79.9. The fourth-order valence-electron chi connectivity index (χ4n) is 2.48. The lowest BCUT2D eigenvalue weighted by molar-refractivity contribution is -0.145. The number of halogens is 1. The minimum Gasteiger partial charge on any atom is -0.481 e. The Morgan fingerprint density at radius 1 is 1.18 bits per heavy atom. The minimum atomic E-state index is -0.451. The van der Waals surface area contributed by atoms with Gasteiger partial charge in [0.25, 0.3) is 11.1 Å². The number of hydrogen-bond acceptors (Lipinski definition) is 6. The van der Waals surface area contributed by atoms with Crippen molar-refractivity contribution in [2.24, 2.45) is 0 Å². The standard InChI is InChI=1S/C20H16BrNO5S/c1-2-26-18(23)12-27-16-9-8-13(10-15(16)21)11-17-19(24)22(20(25)28-17)14-6-4-3-5-7-14/h3-11H,2,12H2,1H3/b17-11+. The fourth-order valence-corrected chi connectivity index (χ4v) is 3.83. The Morgan fingerprint density at radius 2 is 1.93 bits per heavy atom. The Balaban J connectivity index is 1.75. The first-order valence-corrected chi connectivity index (χ1v) is 10.0. The lowest BCUT2D eigenvalue weighted by atomic mass is 10.2. The van der Waals surface area contributed by atoms with Crippen molar-refractivity contribution < 1.29 is 23.9 Å². The van der Waals surface area contributed by atoms with Gasteiger partial charge in [-0.1, -0.05) is 24.3 Å². The van der Waals surface area contributed by atoms with E-state index in [0.29, 0.717) is 33.0 Å². The highest BCUT2D eigenvalue weighted by Gasteiger charge is 2.36. The van der Waals surface area contributed by atoms with E-state index in [2.05, 4.69) is 15.9 Å². The van der Waals surface area contributed by atoms with Gasteiger partial charge in [0, 0.05) is 0 Å². The van der Waals surface area contributed by atoms with Gasteiger partial charge in [-0.25, -0.2) is 9.69 Å². The first kappa shape index (κ1) is 20.2. The molecule has 8 heteroatoms. The Hall–Kier alpha value is -2.58. The van der Waals surface area contributed by atoms with Crippen LogP contribution in [-0.2, 0) is 14.3 Å². The van der Waals surface area contributed by atoms with Crippen LogP contribution in [0.5, 0.6) is 5.75 Å². The number of amides is 2. The third kappa shape index (κ3) is 4.63. The van der Waals surface area contributed by atoms with E-state index in [-0.39, 0.29) is 17.8 Å². The van der Waals surface area contributed by atoms with Crippen LogP contribution in [0.3, 0.4) is 0 Å². The summed E-state index contributed by atoms with van der Waals surface area (Å²) in [7, 11) is 0. The summed E-state index contributed by atoms with van der Waals surface area (Å²) in [6.45, 7) is 1.82. The number of esters is 1. The third-order valence-electron chi connectivity index (χ3n) is 3.71. The largest absolute Gasteiger partial charge is 0.481 e. The van der Waals surface area contributed by atoms with Crippen molar-refractivity contribution in [2.75, 3.05) is 18.1 Å². The molecule has 0 N–H and O–H groups in total. The van der Waals surface area contributed by atoms with E-state index in [0.717, 1.165) is 16.7 Å². The number of para-hydroxylation sites is 1. The van der Waals surface area contributed by atoms with Crippen molar-refractivity contribution >= 4 is 56.6 Å². The van der Waals surface area contributed by atoms with Crippen molar-refractivity contribution in [3.63, 3.8) is 0 Å². The summed E-state index contributed by atoms with van der Waals surface area (Å²) in [5, 5.41) is -0.337. The van der Waals surface area contributed by atoms with Crippen molar-refractivity contribution in [3.05, 3.63) is 63.5 Å². The zero-order valence-electron chi connectivity index (χ0n) is 14.9. The molecule has 1 aliphatic rings. The van der Waals surface area contributed by atoms with E-state index in [1.807, 2.05) is 6.07 Å². The fraction of sp³-hybridized carbons (Fsp3) is 0.150. The van der Waals surface area contributed by atoms with E-state index >= 15 is 0 Å². The zero-order chi connectivity index (χ0) is 20.1. The van der Waals surface area contributed by atoms with Gasteiger partial charge in [0.05, 0.1) is 21.7 Å². The monoisotopic (exact) mass is 461 g/mol. The van der Waals surface area contributed by atoms with Crippen LogP contribution in [0.2, 0.25) is 0 Å². The van der Waals surface area contributed by atoms with E-state index in [4.69, 9.17) is 9.47 Å². The van der Waals surface area contributed by atoms with Crippen LogP contribution < -0.4 is 9.64 Å². The molecule has 1 aliphatic heterocycles. The Labute approximate surface area is 174 Å².